The molecule has 0 unspecified atom stereocenters. The van der Waals surface area contributed by atoms with E-state index in [1.165, 1.54) is 22.2 Å². The Labute approximate surface area is 155 Å². The summed E-state index contributed by atoms with van der Waals surface area (Å²) in [5.74, 6) is 1.54. The highest BCUT2D eigenvalue weighted by atomic mass is 16.5. The lowest BCUT2D eigenvalue weighted by Gasteiger charge is -2.18. The molecule has 1 heterocycles. The highest BCUT2D eigenvalue weighted by Crippen LogP contribution is 2.27. The van der Waals surface area contributed by atoms with Gasteiger partial charge in [0, 0.05) is 6.54 Å². The molecule has 0 spiro atoms. The van der Waals surface area contributed by atoms with E-state index in [1.807, 2.05) is 18.5 Å². The first-order valence-electron chi connectivity index (χ1n) is 8.83. The Kier molecular flexibility index (Phi) is 5.47. The smallest absolute Gasteiger partial charge is 0.160 e. The van der Waals surface area contributed by atoms with Gasteiger partial charge in [-0.2, -0.15) is 0 Å². The van der Waals surface area contributed by atoms with Crippen LogP contribution >= 0.6 is 0 Å². The number of rotatable bonds is 7. The summed E-state index contributed by atoms with van der Waals surface area (Å²) < 4.78 is 12.9. The van der Waals surface area contributed by atoms with E-state index in [0.29, 0.717) is 0 Å². The first-order chi connectivity index (χ1) is 12.5. The number of methoxy groups -OCH3 is 2. The fourth-order valence-corrected chi connectivity index (χ4v) is 3.11. The van der Waals surface area contributed by atoms with Gasteiger partial charge in [-0.25, -0.2) is 4.98 Å². The molecule has 26 heavy (non-hydrogen) atoms. The molecule has 0 atom stereocenters. The van der Waals surface area contributed by atoms with Crippen molar-refractivity contribution in [3.8, 4) is 11.5 Å². The van der Waals surface area contributed by atoms with Crippen LogP contribution in [0.15, 0.2) is 36.7 Å². The van der Waals surface area contributed by atoms with Crippen molar-refractivity contribution in [2.45, 2.75) is 26.9 Å². The summed E-state index contributed by atoms with van der Waals surface area (Å²) >= 11 is 0. The van der Waals surface area contributed by atoms with Crippen LogP contribution in [0.1, 0.15) is 16.7 Å². The molecule has 138 valence electrons. The van der Waals surface area contributed by atoms with Gasteiger partial charge < -0.3 is 14.0 Å². The fraction of sp³-hybridized carbons (Fsp3) is 0.381. The second-order valence-corrected chi connectivity index (χ2v) is 6.80. The number of imidazole rings is 1. The van der Waals surface area contributed by atoms with Gasteiger partial charge in [-0.3, -0.25) is 4.90 Å². The van der Waals surface area contributed by atoms with Gasteiger partial charge in [0.05, 0.1) is 38.2 Å². The average molecular weight is 353 g/mol. The molecule has 0 aliphatic heterocycles. The Morgan fingerprint density at radius 3 is 2.46 bits per heavy atom. The van der Waals surface area contributed by atoms with Crippen LogP contribution in [0.4, 0.5) is 0 Å². The van der Waals surface area contributed by atoms with Crippen LogP contribution in [0.3, 0.4) is 0 Å². The van der Waals surface area contributed by atoms with Crippen molar-refractivity contribution < 1.29 is 9.47 Å². The van der Waals surface area contributed by atoms with Gasteiger partial charge >= 0.3 is 0 Å². The van der Waals surface area contributed by atoms with Crippen LogP contribution in [-0.4, -0.2) is 42.3 Å². The molecular weight excluding hydrogens is 326 g/mol. The van der Waals surface area contributed by atoms with Crippen molar-refractivity contribution in [2.24, 2.45) is 0 Å². The van der Waals surface area contributed by atoms with E-state index >= 15 is 0 Å². The SMILES string of the molecule is COc1ccc(CCN(C)Cn2cnc3cc(C)c(C)cc32)cc1OC. The number of aromatic nitrogens is 2. The van der Waals surface area contributed by atoms with E-state index in [2.05, 4.69) is 53.5 Å². The molecule has 3 aromatic rings. The second-order valence-electron chi connectivity index (χ2n) is 6.80. The van der Waals surface area contributed by atoms with Gasteiger partial charge in [0.2, 0.25) is 0 Å². The molecule has 0 N–H and O–H groups in total. The molecule has 5 heteroatoms. The number of hydrogen-bond donors (Lipinski definition) is 0. The van der Waals surface area contributed by atoms with Crippen LogP contribution in [0.2, 0.25) is 0 Å². The molecule has 0 saturated carbocycles. The van der Waals surface area contributed by atoms with Crippen molar-refractivity contribution in [2.75, 3.05) is 27.8 Å². The van der Waals surface area contributed by atoms with Gasteiger partial charge in [-0.1, -0.05) is 6.07 Å². The van der Waals surface area contributed by atoms with Crippen LogP contribution in [-0.2, 0) is 13.1 Å². The zero-order chi connectivity index (χ0) is 18.7. The topological polar surface area (TPSA) is 39.5 Å². The Morgan fingerprint density at radius 2 is 1.73 bits per heavy atom. The summed E-state index contributed by atoms with van der Waals surface area (Å²) in [6.07, 6.45) is 2.87. The number of nitrogens with zero attached hydrogens (tertiary/aromatic N) is 3. The third-order valence-corrected chi connectivity index (χ3v) is 4.86. The molecular formula is C21H27N3O2. The maximum atomic E-state index is 5.39. The van der Waals surface area contributed by atoms with Crippen molar-refractivity contribution >= 4 is 11.0 Å². The third-order valence-electron chi connectivity index (χ3n) is 4.86. The summed E-state index contributed by atoms with van der Waals surface area (Å²) in [5, 5.41) is 0. The van der Waals surface area contributed by atoms with E-state index in [9.17, 15) is 0 Å². The lowest BCUT2D eigenvalue weighted by Crippen LogP contribution is -2.24. The molecule has 1 aromatic heterocycles. The monoisotopic (exact) mass is 353 g/mol. The minimum atomic E-state index is 0.764. The summed E-state index contributed by atoms with van der Waals surface area (Å²) in [6.45, 7) is 6.03. The maximum absolute atomic E-state index is 5.39. The van der Waals surface area contributed by atoms with E-state index in [4.69, 9.17) is 9.47 Å². The molecule has 0 amide bonds. The fourth-order valence-electron chi connectivity index (χ4n) is 3.11. The summed E-state index contributed by atoms with van der Waals surface area (Å²) in [7, 11) is 5.46. The van der Waals surface area contributed by atoms with E-state index < -0.39 is 0 Å². The summed E-state index contributed by atoms with van der Waals surface area (Å²) in [6, 6.07) is 10.5. The van der Waals surface area contributed by atoms with Gasteiger partial charge in [0.15, 0.2) is 11.5 Å². The normalized spacial score (nSPS) is 11.3. The minimum absolute atomic E-state index is 0.764. The first-order valence-corrected chi connectivity index (χ1v) is 8.83. The maximum Gasteiger partial charge on any atom is 0.160 e. The molecule has 0 bridgehead atoms. The lowest BCUT2D eigenvalue weighted by atomic mass is 10.1. The van der Waals surface area contributed by atoms with Crippen molar-refractivity contribution in [3.63, 3.8) is 0 Å². The predicted molar refractivity (Wildman–Crippen MR) is 105 cm³/mol. The summed E-state index contributed by atoms with van der Waals surface area (Å²) in [4.78, 5) is 6.84. The molecule has 5 nitrogen and oxygen atoms in total. The zero-order valence-electron chi connectivity index (χ0n) is 16.2. The van der Waals surface area contributed by atoms with Gasteiger partial charge in [0.25, 0.3) is 0 Å². The number of hydrogen-bond acceptors (Lipinski definition) is 4. The Bertz CT molecular complexity index is 902. The largest absolute Gasteiger partial charge is 0.493 e. The predicted octanol–water partition coefficient (Wildman–Crippen LogP) is 3.80. The summed E-state index contributed by atoms with van der Waals surface area (Å²) in [5.41, 5.74) is 6.06. The van der Waals surface area contributed by atoms with Crippen LogP contribution in [0.25, 0.3) is 11.0 Å². The van der Waals surface area contributed by atoms with Gasteiger partial charge in [-0.15, -0.1) is 0 Å². The standard InChI is InChI=1S/C21H27N3O2/c1-15-10-18-19(11-16(15)2)24(13-22-18)14-23(3)9-8-17-6-7-20(25-4)21(12-17)26-5/h6-7,10-13H,8-9,14H2,1-5H3. The first kappa shape index (κ1) is 18.3. The van der Waals surface area contributed by atoms with Crippen molar-refractivity contribution in [1.29, 1.82) is 0 Å². The number of fused-ring (bicyclic) bond motifs is 1. The highest BCUT2D eigenvalue weighted by Gasteiger charge is 2.09. The number of likely N-dealkylation sites (N-methyl/N-ethyl adjacent to an activating group) is 1. The zero-order valence-corrected chi connectivity index (χ0v) is 16.2. The second kappa shape index (κ2) is 7.79. The van der Waals surface area contributed by atoms with Gasteiger partial charge in [0.1, 0.15) is 0 Å². The van der Waals surface area contributed by atoms with Crippen LogP contribution < -0.4 is 9.47 Å². The number of ether oxygens (including phenoxy) is 2. The molecule has 0 aliphatic rings. The average Bonchev–Trinajstić information content (AvgIpc) is 3.01. The molecule has 3 rings (SSSR count). The van der Waals surface area contributed by atoms with Gasteiger partial charge in [-0.05, 0) is 68.3 Å². The molecule has 0 radical (unpaired) electrons. The molecule has 2 aromatic carbocycles. The van der Waals surface area contributed by atoms with Crippen molar-refractivity contribution in [3.05, 3.63) is 53.3 Å². The molecule has 0 saturated heterocycles. The van der Waals surface area contributed by atoms with Crippen molar-refractivity contribution in [1.82, 2.24) is 14.5 Å². The highest BCUT2D eigenvalue weighted by molar-refractivity contribution is 5.77. The van der Waals surface area contributed by atoms with Crippen LogP contribution in [0.5, 0.6) is 11.5 Å². The van der Waals surface area contributed by atoms with E-state index in [1.54, 1.807) is 14.2 Å². The number of aryl methyl sites for hydroxylation is 2. The van der Waals surface area contributed by atoms with Crippen LogP contribution in [0, 0.1) is 13.8 Å². The molecule has 0 fully saturated rings. The minimum Gasteiger partial charge on any atom is -0.493 e. The Balaban J connectivity index is 1.66. The van der Waals surface area contributed by atoms with E-state index in [-0.39, 0.29) is 0 Å². The Hall–Kier alpha value is -2.53. The van der Waals surface area contributed by atoms with E-state index in [0.717, 1.165) is 36.6 Å². The quantitative estimate of drug-likeness (QED) is 0.648. The molecule has 0 aliphatic carbocycles. The lowest BCUT2D eigenvalue weighted by molar-refractivity contribution is 0.275. The number of benzene rings is 2. The Morgan fingerprint density at radius 1 is 1.00 bits per heavy atom. The third kappa shape index (κ3) is 3.83.